The molecule has 4 heteroatoms. The number of piperidine rings is 1. The first-order valence-corrected chi connectivity index (χ1v) is 10.4. The summed E-state index contributed by atoms with van der Waals surface area (Å²) in [6.45, 7) is 2.23. The molecule has 2 amide bonds. The largest absolute Gasteiger partial charge is 0.352 e. The lowest BCUT2D eigenvalue weighted by atomic mass is 9.86. The minimum absolute atomic E-state index is 0.121. The molecule has 1 aliphatic heterocycles. The predicted molar refractivity (Wildman–Crippen MR) is 104 cm³/mol. The number of amides is 2. The van der Waals surface area contributed by atoms with Gasteiger partial charge in [-0.3, -0.25) is 9.59 Å². The lowest BCUT2D eigenvalue weighted by Gasteiger charge is -2.26. The number of carbonyl (C=O) groups excluding carboxylic acids is 2. The van der Waals surface area contributed by atoms with E-state index in [1.807, 2.05) is 29.2 Å². The molecule has 2 aliphatic rings. The maximum atomic E-state index is 12.6. The predicted octanol–water partition coefficient (Wildman–Crippen LogP) is 4.29. The fourth-order valence-corrected chi connectivity index (χ4v) is 4.19. The van der Waals surface area contributed by atoms with E-state index in [0.717, 1.165) is 49.4 Å². The molecule has 1 aromatic rings. The molecule has 26 heavy (non-hydrogen) atoms. The maximum Gasteiger partial charge on any atom is 0.253 e. The number of hydrogen-bond acceptors (Lipinski definition) is 2. The highest BCUT2D eigenvalue weighted by molar-refractivity contribution is 5.94. The Balaban J connectivity index is 1.45. The summed E-state index contributed by atoms with van der Waals surface area (Å²) in [6, 6.07) is 7.71. The Morgan fingerprint density at radius 3 is 2.50 bits per heavy atom. The average molecular weight is 357 g/mol. The zero-order valence-electron chi connectivity index (χ0n) is 15.8. The van der Waals surface area contributed by atoms with E-state index in [4.69, 9.17) is 0 Å². The standard InChI is InChI=1S/C22H32N2O2/c25-21(13-12-18-8-3-1-4-9-18)23-17-19-10-7-11-20(16-19)22(26)24-14-5-2-6-15-24/h7,10-11,16,18H,1-6,8-9,12-15,17H2,(H,23,25). The van der Waals surface area contributed by atoms with Gasteiger partial charge in [0.1, 0.15) is 0 Å². The second kappa shape index (κ2) is 9.75. The molecule has 0 atom stereocenters. The van der Waals surface area contributed by atoms with Crippen LogP contribution in [0.5, 0.6) is 0 Å². The molecule has 4 nitrogen and oxygen atoms in total. The molecule has 0 aromatic heterocycles. The highest BCUT2D eigenvalue weighted by Crippen LogP contribution is 2.27. The number of carbonyl (C=O) groups is 2. The first-order valence-electron chi connectivity index (χ1n) is 10.4. The van der Waals surface area contributed by atoms with E-state index >= 15 is 0 Å². The average Bonchev–Trinajstić information content (AvgIpc) is 2.72. The summed E-state index contributed by atoms with van der Waals surface area (Å²) in [5, 5.41) is 3.02. The van der Waals surface area contributed by atoms with Crippen LogP contribution in [0.2, 0.25) is 0 Å². The number of hydrogen-bond donors (Lipinski definition) is 1. The zero-order valence-corrected chi connectivity index (χ0v) is 15.8. The van der Waals surface area contributed by atoms with Crippen LogP contribution < -0.4 is 5.32 Å². The van der Waals surface area contributed by atoms with E-state index in [1.165, 1.54) is 38.5 Å². The fraction of sp³-hybridized carbons (Fsp3) is 0.636. The molecule has 0 bridgehead atoms. The zero-order chi connectivity index (χ0) is 18.2. The molecule has 2 fully saturated rings. The van der Waals surface area contributed by atoms with Gasteiger partial charge in [0.15, 0.2) is 0 Å². The number of rotatable bonds is 6. The third-order valence-corrected chi connectivity index (χ3v) is 5.81. The summed E-state index contributed by atoms with van der Waals surface area (Å²) in [5.74, 6) is 0.985. The van der Waals surface area contributed by atoms with Crippen LogP contribution in [0.15, 0.2) is 24.3 Å². The van der Waals surface area contributed by atoms with Crippen LogP contribution in [-0.2, 0) is 11.3 Å². The third-order valence-electron chi connectivity index (χ3n) is 5.81. The highest BCUT2D eigenvalue weighted by Gasteiger charge is 2.18. The van der Waals surface area contributed by atoms with Crippen molar-refractivity contribution in [2.24, 2.45) is 5.92 Å². The van der Waals surface area contributed by atoms with Crippen molar-refractivity contribution in [1.82, 2.24) is 10.2 Å². The molecule has 1 aromatic carbocycles. The summed E-state index contributed by atoms with van der Waals surface area (Å²) >= 11 is 0. The van der Waals surface area contributed by atoms with Gasteiger partial charge in [0.25, 0.3) is 5.91 Å². The van der Waals surface area contributed by atoms with Crippen LogP contribution in [0.1, 0.15) is 80.1 Å². The molecule has 1 aliphatic carbocycles. The van der Waals surface area contributed by atoms with Crippen molar-refractivity contribution in [3.8, 4) is 0 Å². The minimum Gasteiger partial charge on any atom is -0.352 e. The molecule has 3 rings (SSSR count). The van der Waals surface area contributed by atoms with E-state index in [1.54, 1.807) is 0 Å². The van der Waals surface area contributed by atoms with E-state index < -0.39 is 0 Å². The third kappa shape index (κ3) is 5.58. The first kappa shape index (κ1) is 18.9. The Hall–Kier alpha value is -1.84. The van der Waals surface area contributed by atoms with Crippen molar-refractivity contribution in [2.45, 2.75) is 70.8 Å². The normalized spacial score (nSPS) is 18.5. The number of nitrogens with zero attached hydrogens (tertiary/aromatic N) is 1. The van der Waals surface area contributed by atoms with Gasteiger partial charge in [-0.05, 0) is 49.3 Å². The van der Waals surface area contributed by atoms with Gasteiger partial charge in [-0.2, -0.15) is 0 Å². The van der Waals surface area contributed by atoms with E-state index in [0.29, 0.717) is 13.0 Å². The number of benzene rings is 1. The van der Waals surface area contributed by atoms with Crippen LogP contribution >= 0.6 is 0 Å². The van der Waals surface area contributed by atoms with Crippen LogP contribution in [0.3, 0.4) is 0 Å². The summed E-state index contributed by atoms with van der Waals surface area (Å²) in [6.07, 6.45) is 11.6. The molecule has 142 valence electrons. The van der Waals surface area contributed by atoms with Crippen LogP contribution in [0.25, 0.3) is 0 Å². The maximum absolute atomic E-state index is 12.6. The Labute approximate surface area is 157 Å². The molecular formula is C22H32N2O2. The van der Waals surface area contributed by atoms with Gasteiger partial charge in [0.05, 0.1) is 0 Å². The SMILES string of the molecule is O=C(CCC1CCCCC1)NCc1cccc(C(=O)N2CCCCC2)c1. The number of nitrogens with one attached hydrogen (secondary N) is 1. The molecule has 1 heterocycles. The van der Waals surface area contributed by atoms with Gasteiger partial charge in [-0.25, -0.2) is 0 Å². The summed E-state index contributed by atoms with van der Waals surface area (Å²) in [7, 11) is 0. The van der Waals surface area contributed by atoms with Gasteiger partial charge in [0.2, 0.25) is 5.91 Å². The Kier molecular flexibility index (Phi) is 7.10. The second-order valence-corrected chi connectivity index (χ2v) is 7.87. The van der Waals surface area contributed by atoms with Crippen LogP contribution in [-0.4, -0.2) is 29.8 Å². The molecule has 1 saturated carbocycles. The van der Waals surface area contributed by atoms with Crippen molar-refractivity contribution in [3.05, 3.63) is 35.4 Å². The highest BCUT2D eigenvalue weighted by atomic mass is 16.2. The van der Waals surface area contributed by atoms with Crippen LogP contribution in [0, 0.1) is 5.92 Å². The smallest absolute Gasteiger partial charge is 0.253 e. The monoisotopic (exact) mass is 356 g/mol. The summed E-state index contributed by atoms with van der Waals surface area (Å²) in [4.78, 5) is 26.7. The molecule has 1 N–H and O–H groups in total. The number of likely N-dealkylation sites (tertiary alicyclic amines) is 1. The van der Waals surface area contributed by atoms with E-state index in [9.17, 15) is 9.59 Å². The molecule has 1 saturated heterocycles. The molecule has 0 spiro atoms. The minimum atomic E-state index is 0.121. The van der Waals surface area contributed by atoms with Gasteiger partial charge in [-0.1, -0.05) is 44.2 Å². The van der Waals surface area contributed by atoms with Gasteiger partial charge >= 0.3 is 0 Å². The first-order chi connectivity index (χ1) is 12.7. The van der Waals surface area contributed by atoms with Gasteiger partial charge in [0, 0.05) is 31.6 Å². The van der Waals surface area contributed by atoms with E-state index in [-0.39, 0.29) is 11.8 Å². The van der Waals surface area contributed by atoms with Crippen LogP contribution in [0.4, 0.5) is 0 Å². The molecular weight excluding hydrogens is 324 g/mol. The topological polar surface area (TPSA) is 49.4 Å². The van der Waals surface area contributed by atoms with Gasteiger partial charge in [-0.15, -0.1) is 0 Å². The van der Waals surface area contributed by atoms with Gasteiger partial charge < -0.3 is 10.2 Å². The Morgan fingerprint density at radius 2 is 1.73 bits per heavy atom. The summed E-state index contributed by atoms with van der Waals surface area (Å²) < 4.78 is 0. The van der Waals surface area contributed by atoms with Crippen molar-refractivity contribution in [3.63, 3.8) is 0 Å². The fourth-order valence-electron chi connectivity index (χ4n) is 4.19. The molecule has 0 radical (unpaired) electrons. The van der Waals surface area contributed by atoms with E-state index in [2.05, 4.69) is 5.32 Å². The van der Waals surface area contributed by atoms with Crippen molar-refractivity contribution < 1.29 is 9.59 Å². The lowest BCUT2D eigenvalue weighted by molar-refractivity contribution is -0.121. The summed E-state index contributed by atoms with van der Waals surface area (Å²) in [5.41, 5.74) is 1.74. The van der Waals surface area contributed by atoms with Crippen molar-refractivity contribution in [1.29, 1.82) is 0 Å². The Bertz CT molecular complexity index is 602. The lowest BCUT2D eigenvalue weighted by Crippen LogP contribution is -2.35. The Morgan fingerprint density at radius 1 is 1.00 bits per heavy atom. The quantitative estimate of drug-likeness (QED) is 0.826. The van der Waals surface area contributed by atoms with Crippen molar-refractivity contribution >= 4 is 11.8 Å². The van der Waals surface area contributed by atoms with Crippen molar-refractivity contribution in [2.75, 3.05) is 13.1 Å². The molecule has 0 unspecified atom stereocenters. The second-order valence-electron chi connectivity index (χ2n) is 7.87.